The second-order valence-corrected chi connectivity index (χ2v) is 5.03. The third-order valence-corrected chi connectivity index (χ3v) is 3.23. The van der Waals surface area contributed by atoms with Gasteiger partial charge in [-0.25, -0.2) is 0 Å². The molecule has 0 radical (unpaired) electrons. The first-order valence-electron chi connectivity index (χ1n) is 7.24. The fourth-order valence-corrected chi connectivity index (χ4v) is 2.12. The zero-order chi connectivity index (χ0) is 13.2. The van der Waals surface area contributed by atoms with Crippen LogP contribution >= 0.6 is 0 Å². The number of likely N-dealkylation sites (N-methyl/N-ethyl adjacent to an activating group) is 1. The highest BCUT2D eigenvalue weighted by Gasteiger charge is 2.12. The zero-order valence-corrected chi connectivity index (χ0v) is 12.2. The number of rotatable bonds is 9. The highest BCUT2D eigenvalue weighted by molar-refractivity contribution is 5.19. The fraction of sp³-hybridized carbons (Fsp3) is 0.625. The Morgan fingerprint density at radius 3 is 2.44 bits per heavy atom. The van der Waals surface area contributed by atoms with Gasteiger partial charge in [0.15, 0.2) is 0 Å². The van der Waals surface area contributed by atoms with Crippen LogP contribution in [0.4, 0.5) is 0 Å². The normalized spacial score (nSPS) is 12.9. The van der Waals surface area contributed by atoms with Gasteiger partial charge in [-0.1, -0.05) is 50.6 Å². The van der Waals surface area contributed by atoms with Crippen molar-refractivity contribution in [3.63, 3.8) is 0 Å². The minimum absolute atomic E-state index is 0.452. The summed E-state index contributed by atoms with van der Waals surface area (Å²) in [5.41, 5.74) is 1.40. The molecule has 1 aromatic rings. The van der Waals surface area contributed by atoms with Gasteiger partial charge in [0.25, 0.3) is 0 Å². The molecule has 1 unspecified atom stereocenters. The van der Waals surface area contributed by atoms with Crippen molar-refractivity contribution in [3.05, 3.63) is 35.9 Å². The molecule has 102 valence electrons. The van der Waals surface area contributed by atoms with Crippen LogP contribution in [-0.4, -0.2) is 31.6 Å². The van der Waals surface area contributed by atoms with Crippen LogP contribution < -0.4 is 5.32 Å². The van der Waals surface area contributed by atoms with Gasteiger partial charge >= 0.3 is 0 Å². The predicted molar refractivity (Wildman–Crippen MR) is 79.9 cm³/mol. The first-order valence-corrected chi connectivity index (χ1v) is 7.24. The summed E-state index contributed by atoms with van der Waals surface area (Å²) in [7, 11) is 2.22. The average molecular weight is 248 g/mol. The maximum absolute atomic E-state index is 3.65. The average Bonchev–Trinajstić information content (AvgIpc) is 2.42. The Balaban J connectivity index is 2.55. The molecule has 0 spiro atoms. The quantitative estimate of drug-likeness (QED) is 0.720. The van der Waals surface area contributed by atoms with Gasteiger partial charge in [-0.15, -0.1) is 0 Å². The molecular weight excluding hydrogens is 220 g/mol. The second-order valence-electron chi connectivity index (χ2n) is 5.03. The number of nitrogens with zero attached hydrogens (tertiary/aromatic N) is 1. The topological polar surface area (TPSA) is 15.3 Å². The Kier molecular flexibility index (Phi) is 7.70. The fourth-order valence-electron chi connectivity index (χ4n) is 2.12. The lowest BCUT2D eigenvalue weighted by atomic mass is 10.1. The molecule has 0 aliphatic carbocycles. The Bertz CT molecular complexity index is 297. The summed E-state index contributed by atoms with van der Waals surface area (Å²) in [4.78, 5) is 2.43. The van der Waals surface area contributed by atoms with E-state index in [2.05, 4.69) is 61.4 Å². The van der Waals surface area contributed by atoms with Crippen molar-refractivity contribution in [2.45, 2.75) is 39.2 Å². The van der Waals surface area contributed by atoms with Crippen molar-refractivity contribution in [2.24, 2.45) is 0 Å². The third kappa shape index (κ3) is 5.65. The van der Waals surface area contributed by atoms with E-state index in [-0.39, 0.29) is 0 Å². The molecular formula is C16H28N2. The van der Waals surface area contributed by atoms with Gasteiger partial charge in [-0.2, -0.15) is 0 Å². The Morgan fingerprint density at radius 1 is 1.11 bits per heavy atom. The van der Waals surface area contributed by atoms with Crippen LogP contribution in [0, 0.1) is 0 Å². The van der Waals surface area contributed by atoms with Crippen molar-refractivity contribution in [3.8, 4) is 0 Å². The molecule has 2 nitrogen and oxygen atoms in total. The predicted octanol–water partition coefficient (Wildman–Crippen LogP) is 3.46. The minimum atomic E-state index is 0.452. The summed E-state index contributed by atoms with van der Waals surface area (Å²) in [6, 6.07) is 11.2. The maximum Gasteiger partial charge on any atom is 0.0449 e. The standard InChI is InChI=1S/C16H28N2/c1-4-6-13-18(3)14-16(17-12-5-2)15-10-8-7-9-11-15/h7-11,16-17H,4-6,12-14H2,1-3H3. The van der Waals surface area contributed by atoms with Gasteiger partial charge in [0.2, 0.25) is 0 Å². The van der Waals surface area contributed by atoms with E-state index in [9.17, 15) is 0 Å². The van der Waals surface area contributed by atoms with Crippen molar-refractivity contribution < 1.29 is 0 Å². The van der Waals surface area contributed by atoms with E-state index in [0.717, 1.165) is 13.1 Å². The molecule has 1 atom stereocenters. The van der Waals surface area contributed by atoms with Crippen molar-refractivity contribution in [1.82, 2.24) is 10.2 Å². The smallest absolute Gasteiger partial charge is 0.0449 e. The van der Waals surface area contributed by atoms with Crippen LogP contribution in [0.5, 0.6) is 0 Å². The highest BCUT2D eigenvalue weighted by Crippen LogP contribution is 2.14. The number of hydrogen-bond donors (Lipinski definition) is 1. The van der Waals surface area contributed by atoms with Crippen LogP contribution in [0.1, 0.15) is 44.7 Å². The molecule has 0 aromatic heterocycles. The van der Waals surface area contributed by atoms with Gasteiger partial charge in [0.05, 0.1) is 0 Å². The van der Waals surface area contributed by atoms with Gasteiger partial charge in [0.1, 0.15) is 0 Å². The summed E-state index contributed by atoms with van der Waals surface area (Å²) >= 11 is 0. The molecule has 0 heterocycles. The van der Waals surface area contributed by atoms with Crippen molar-refractivity contribution in [1.29, 1.82) is 0 Å². The van der Waals surface area contributed by atoms with Gasteiger partial charge in [-0.05, 0) is 38.5 Å². The van der Waals surface area contributed by atoms with E-state index in [1.54, 1.807) is 0 Å². The Hall–Kier alpha value is -0.860. The summed E-state index contributed by atoms with van der Waals surface area (Å²) in [6.45, 7) is 7.83. The molecule has 1 N–H and O–H groups in total. The number of nitrogens with one attached hydrogen (secondary N) is 1. The third-order valence-electron chi connectivity index (χ3n) is 3.23. The molecule has 2 heteroatoms. The highest BCUT2D eigenvalue weighted by atomic mass is 15.1. The monoisotopic (exact) mass is 248 g/mol. The first kappa shape index (κ1) is 15.2. The van der Waals surface area contributed by atoms with E-state index in [1.165, 1.54) is 31.4 Å². The van der Waals surface area contributed by atoms with E-state index in [1.807, 2.05) is 0 Å². The number of unbranched alkanes of at least 4 members (excludes halogenated alkanes) is 1. The SMILES string of the molecule is CCCCN(C)CC(NCCC)c1ccccc1. The summed E-state index contributed by atoms with van der Waals surface area (Å²) in [6.07, 6.45) is 3.73. The van der Waals surface area contributed by atoms with Crippen molar-refractivity contribution in [2.75, 3.05) is 26.7 Å². The maximum atomic E-state index is 3.65. The van der Waals surface area contributed by atoms with Crippen LogP contribution in [0.25, 0.3) is 0 Å². The molecule has 0 fully saturated rings. The van der Waals surface area contributed by atoms with Crippen LogP contribution in [0.3, 0.4) is 0 Å². The number of benzene rings is 1. The number of hydrogen-bond acceptors (Lipinski definition) is 2. The lowest BCUT2D eigenvalue weighted by Gasteiger charge is -2.25. The lowest BCUT2D eigenvalue weighted by Crippen LogP contribution is -2.34. The van der Waals surface area contributed by atoms with Gasteiger partial charge < -0.3 is 10.2 Å². The molecule has 0 bridgehead atoms. The zero-order valence-electron chi connectivity index (χ0n) is 12.2. The molecule has 1 aromatic carbocycles. The summed E-state index contributed by atoms with van der Waals surface area (Å²) in [5, 5.41) is 3.65. The Morgan fingerprint density at radius 2 is 1.83 bits per heavy atom. The van der Waals surface area contributed by atoms with E-state index < -0.39 is 0 Å². The van der Waals surface area contributed by atoms with Gasteiger partial charge in [-0.3, -0.25) is 0 Å². The lowest BCUT2D eigenvalue weighted by molar-refractivity contribution is 0.286. The van der Waals surface area contributed by atoms with E-state index >= 15 is 0 Å². The molecule has 0 saturated carbocycles. The molecule has 0 aliphatic heterocycles. The van der Waals surface area contributed by atoms with E-state index in [0.29, 0.717) is 6.04 Å². The molecule has 0 amide bonds. The molecule has 0 saturated heterocycles. The Labute approximate surface area is 112 Å². The second kappa shape index (κ2) is 9.12. The molecule has 1 rings (SSSR count). The van der Waals surface area contributed by atoms with Gasteiger partial charge in [0, 0.05) is 12.6 Å². The minimum Gasteiger partial charge on any atom is -0.309 e. The van der Waals surface area contributed by atoms with E-state index in [4.69, 9.17) is 0 Å². The van der Waals surface area contributed by atoms with Crippen LogP contribution in [-0.2, 0) is 0 Å². The largest absolute Gasteiger partial charge is 0.309 e. The van der Waals surface area contributed by atoms with Crippen molar-refractivity contribution >= 4 is 0 Å². The first-order chi connectivity index (χ1) is 8.77. The molecule has 0 aliphatic rings. The molecule has 18 heavy (non-hydrogen) atoms. The summed E-state index contributed by atoms with van der Waals surface area (Å²) < 4.78 is 0. The summed E-state index contributed by atoms with van der Waals surface area (Å²) in [5.74, 6) is 0. The van der Waals surface area contributed by atoms with Crippen LogP contribution in [0.15, 0.2) is 30.3 Å². The van der Waals surface area contributed by atoms with Crippen LogP contribution in [0.2, 0.25) is 0 Å².